The van der Waals surface area contributed by atoms with Crippen LogP contribution in [-0.4, -0.2) is 58.5 Å². The van der Waals surface area contributed by atoms with Gasteiger partial charge in [-0.25, -0.2) is 4.79 Å². The number of unbranched alkanes of at least 4 members (excludes halogenated alkanes) is 1. The maximum absolute atomic E-state index is 13.0. The molecule has 4 rings (SSSR count). The first-order chi connectivity index (χ1) is 17.8. The van der Waals surface area contributed by atoms with Gasteiger partial charge in [-0.1, -0.05) is 35.3 Å². The van der Waals surface area contributed by atoms with Gasteiger partial charge in [0.1, 0.15) is 5.75 Å². The van der Waals surface area contributed by atoms with Crippen LogP contribution in [0.5, 0.6) is 17.5 Å². The maximum atomic E-state index is 13.0. The number of esters is 1. The molecular weight excluding hydrogens is 515 g/mol. The zero-order valence-electron chi connectivity index (χ0n) is 20.8. The van der Waals surface area contributed by atoms with Gasteiger partial charge in [0.2, 0.25) is 5.88 Å². The SMILES string of the molecule is Cc1cc(O)n(-c2ccccc2C(=O)OCC2CCCN(CCCCOc3ccc(Cl)c(Cl)c3)C2)c1O. The van der Waals surface area contributed by atoms with Gasteiger partial charge >= 0.3 is 5.97 Å². The van der Waals surface area contributed by atoms with E-state index in [1.165, 1.54) is 10.6 Å². The van der Waals surface area contributed by atoms with Crippen LogP contribution in [0.3, 0.4) is 0 Å². The molecule has 1 aliphatic rings. The third-order valence-electron chi connectivity index (χ3n) is 6.59. The first-order valence-corrected chi connectivity index (χ1v) is 13.3. The quantitative estimate of drug-likeness (QED) is 0.231. The number of aryl methyl sites for hydroxylation is 1. The Bertz CT molecular complexity index is 1230. The summed E-state index contributed by atoms with van der Waals surface area (Å²) in [6.07, 6.45) is 3.99. The van der Waals surface area contributed by atoms with E-state index in [2.05, 4.69) is 4.90 Å². The molecule has 1 atom stereocenters. The predicted molar refractivity (Wildman–Crippen MR) is 144 cm³/mol. The summed E-state index contributed by atoms with van der Waals surface area (Å²) in [4.78, 5) is 15.4. The van der Waals surface area contributed by atoms with Gasteiger partial charge in [-0.3, -0.25) is 4.57 Å². The molecule has 1 unspecified atom stereocenters. The number of carbonyl (C=O) groups excluding carboxylic acids is 1. The van der Waals surface area contributed by atoms with Gasteiger partial charge in [0, 0.05) is 30.2 Å². The van der Waals surface area contributed by atoms with Gasteiger partial charge in [-0.05, 0) is 70.0 Å². The fourth-order valence-corrected chi connectivity index (χ4v) is 4.93. The summed E-state index contributed by atoms with van der Waals surface area (Å²) in [6.45, 7) is 5.49. The molecule has 9 heteroatoms. The number of aromatic hydroxyl groups is 2. The standard InChI is InChI=1S/C28H32Cl2N2O5/c1-19-15-26(33)32(27(19)34)25-9-3-2-8-22(25)28(35)37-18-20-7-6-13-31(17-20)12-4-5-14-36-21-10-11-23(29)24(30)16-21/h2-3,8-11,15-16,20,33-34H,4-7,12-14,17-18H2,1H3. The van der Waals surface area contributed by atoms with Crippen molar-refractivity contribution in [2.45, 2.75) is 32.6 Å². The van der Waals surface area contributed by atoms with Crippen LogP contribution in [0.4, 0.5) is 0 Å². The van der Waals surface area contributed by atoms with Crippen molar-refractivity contribution in [3.05, 3.63) is 69.7 Å². The highest BCUT2D eigenvalue weighted by Crippen LogP contribution is 2.32. The van der Waals surface area contributed by atoms with Gasteiger partial charge in [-0.2, -0.15) is 0 Å². The molecule has 3 aromatic rings. The van der Waals surface area contributed by atoms with E-state index in [0.717, 1.165) is 45.3 Å². The summed E-state index contributed by atoms with van der Waals surface area (Å²) >= 11 is 12.0. The second-order valence-corrected chi connectivity index (χ2v) is 10.2. The number of aromatic nitrogens is 1. The lowest BCUT2D eigenvalue weighted by Gasteiger charge is -2.32. The lowest BCUT2D eigenvalue weighted by atomic mass is 9.98. The predicted octanol–water partition coefficient (Wildman–Crippen LogP) is 6.23. The number of ether oxygens (including phenoxy) is 2. The van der Waals surface area contributed by atoms with E-state index in [9.17, 15) is 15.0 Å². The molecule has 1 fully saturated rings. The third kappa shape index (κ3) is 6.92. The monoisotopic (exact) mass is 546 g/mol. The minimum Gasteiger partial charge on any atom is -0.494 e. The second-order valence-electron chi connectivity index (χ2n) is 9.40. The van der Waals surface area contributed by atoms with Gasteiger partial charge in [0.25, 0.3) is 0 Å². The molecule has 2 heterocycles. The molecule has 7 nitrogen and oxygen atoms in total. The van der Waals surface area contributed by atoms with Gasteiger partial charge < -0.3 is 24.6 Å². The zero-order valence-corrected chi connectivity index (χ0v) is 22.3. The molecule has 2 aromatic carbocycles. The lowest BCUT2D eigenvalue weighted by molar-refractivity contribution is 0.0352. The Kier molecular flexibility index (Phi) is 9.24. The van der Waals surface area contributed by atoms with Gasteiger partial charge in [0.05, 0.1) is 34.5 Å². The number of hydrogen-bond donors (Lipinski definition) is 2. The molecule has 1 saturated heterocycles. The molecule has 0 bridgehead atoms. The van der Waals surface area contributed by atoms with Crippen molar-refractivity contribution in [3.8, 4) is 23.2 Å². The summed E-state index contributed by atoms with van der Waals surface area (Å²) in [5, 5.41) is 21.6. The fraction of sp³-hybridized carbons (Fsp3) is 0.393. The highest BCUT2D eigenvalue weighted by molar-refractivity contribution is 6.42. The Balaban J connectivity index is 1.23. The van der Waals surface area contributed by atoms with Crippen molar-refractivity contribution in [2.75, 3.05) is 32.8 Å². The summed E-state index contributed by atoms with van der Waals surface area (Å²) in [7, 11) is 0. The molecule has 2 N–H and O–H groups in total. The zero-order chi connectivity index (χ0) is 26.4. The lowest BCUT2D eigenvalue weighted by Crippen LogP contribution is -2.38. The highest BCUT2D eigenvalue weighted by Gasteiger charge is 2.23. The van der Waals surface area contributed by atoms with Crippen LogP contribution in [-0.2, 0) is 4.74 Å². The van der Waals surface area contributed by atoms with Crippen LogP contribution in [0.15, 0.2) is 48.5 Å². The van der Waals surface area contributed by atoms with Crippen molar-refractivity contribution in [2.24, 2.45) is 5.92 Å². The van der Waals surface area contributed by atoms with E-state index in [1.54, 1.807) is 43.3 Å². The van der Waals surface area contributed by atoms with Crippen LogP contribution in [0.2, 0.25) is 10.0 Å². The number of hydrogen-bond acceptors (Lipinski definition) is 6. The smallest absolute Gasteiger partial charge is 0.340 e. The van der Waals surface area contributed by atoms with Crippen LogP contribution in [0, 0.1) is 12.8 Å². The van der Waals surface area contributed by atoms with Crippen molar-refractivity contribution in [3.63, 3.8) is 0 Å². The van der Waals surface area contributed by atoms with E-state index < -0.39 is 5.97 Å². The van der Waals surface area contributed by atoms with Crippen molar-refractivity contribution < 1.29 is 24.5 Å². The first kappa shape index (κ1) is 27.2. The van der Waals surface area contributed by atoms with Crippen LogP contribution >= 0.6 is 23.2 Å². The minimum absolute atomic E-state index is 0.108. The van der Waals surface area contributed by atoms with Crippen LogP contribution < -0.4 is 4.74 Å². The molecule has 37 heavy (non-hydrogen) atoms. The number of rotatable bonds is 10. The first-order valence-electron chi connectivity index (χ1n) is 12.5. The minimum atomic E-state index is -0.475. The Hall–Kier alpha value is -2.87. The van der Waals surface area contributed by atoms with Crippen LogP contribution in [0.1, 0.15) is 41.6 Å². The van der Waals surface area contributed by atoms with Crippen LogP contribution in [0.25, 0.3) is 5.69 Å². The Morgan fingerprint density at radius 2 is 1.89 bits per heavy atom. The van der Waals surface area contributed by atoms with Crippen molar-refractivity contribution >= 4 is 29.2 Å². The molecule has 0 radical (unpaired) electrons. The van der Waals surface area contributed by atoms with E-state index in [4.69, 9.17) is 32.7 Å². The number of halogens is 2. The van der Waals surface area contributed by atoms with E-state index in [1.807, 2.05) is 6.07 Å². The number of piperidine rings is 1. The van der Waals surface area contributed by atoms with Gasteiger partial charge in [0.15, 0.2) is 5.88 Å². The molecule has 0 saturated carbocycles. The maximum Gasteiger partial charge on any atom is 0.340 e. The van der Waals surface area contributed by atoms with E-state index in [-0.39, 0.29) is 17.7 Å². The normalized spacial score (nSPS) is 16.0. The average Bonchev–Trinajstić information content (AvgIpc) is 3.15. The molecule has 198 valence electrons. The van der Waals surface area contributed by atoms with Crippen molar-refractivity contribution in [1.82, 2.24) is 9.47 Å². The van der Waals surface area contributed by atoms with Crippen molar-refractivity contribution in [1.29, 1.82) is 0 Å². The topological polar surface area (TPSA) is 84.2 Å². The molecule has 0 aliphatic carbocycles. The fourth-order valence-electron chi connectivity index (χ4n) is 4.64. The molecule has 1 aromatic heterocycles. The number of nitrogens with zero attached hydrogens (tertiary/aromatic N) is 2. The third-order valence-corrected chi connectivity index (χ3v) is 7.32. The Morgan fingerprint density at radius 3 is 2.65 bits per heavy atom. The molecule has 0 amide bonds. The van der Waals surface area contributed by atoms with E-state index in [0.29, 0.717) is 45.8 Å². The molecule has 1 aliphatic heterocycles. The number of likely N-dealkylation sites (tertiary alicyclic amines) is 1. The number of carbonyl (C=O) groups is 1. The van der Waals surface area contributed by atoms with E-state index >= 15 is 0 Å². The molecular formula is C28H32Cl2N2O5. The summed E-state index contributed by atoms with van der Waals surface area (Å²) < 4.78 is 12.7. The molecule has 0 spiro atoms. The van der Waals surface area contributed by atoms with Gasteiger partial charge in [-0.15, -0.1) is 0 Å². The summed E-state index contributed by atoms with van der Waals surface area (Å²) in [5.41, 5.74) is 1.19. The second kappa shape index (κ2) is 12.6. The Morgan fingerprint density at radius 1 is 1.08 bits per heavy atom. The number of para-hydroxylation sites is 1. The number of benzene rings is 2. The highest BCUT2D eigenvalue weighted by atomic mass is 35.5. The summed E-state index contributed by atoms with van der Waals surface area (Å²) in [6, 6.07) is 13.5. The largest absolute Gasteiger partial charge is 0.494 e. The average molecular weight is 547 g/mol. The Labute approximate surface area is 227 Å². The summed E-state index contributed by atoms with van der Waals surface area (Å²) in [5.74, 6) is 0.252.